The van der Waals surface area contributed by atoms with Crippen molar-refractivity contribution in [2.24, 2.45) is 35.5 Å². The first-order chi connectivity index (χ1) is 18.2. The van der Waals surface area contributed by atoms with E-state index in [0.29, 0.717) is 17.5 Å². The van der Waals surface area contributed by atoms with E-state index in [1.807, 2.05) is 42.5 Å². The van der Waals surface area contributed by atoms with Crippen LogP contribution >= 0.6 is 0 Å². The molecule has 2 aliphatic heterocycles. The number of ether oxygens (including phenoxy) is 1. The van der Waals surface area contributed by atoms with Crippen LogP contribution in [0.2, 0.25) is 0 Å². The third kappa shape index (κ3) is 2.15. The zero-order valence-electron chi connectivity index (χ0n) is 20.4. The Morgan fingerprint density at radius 2 is 1.14 bits per heavy atom. The van der Waals surface area contributed by atoms with E-state index in [1.54, 1.807) is 0 Å². The molecule has 37 heavy (non-hydrogen) atoms. The van der Waals surface area contributed by atoms with Gasteiger partial charge in [0.1, 0.15) is 11.2 Å². The smallest absolute Gasteiger partial charge is 0.238 e. The van der Waals surface area contributed by atoms with Crippen molar-refractivity contribution < 1.29 is 14.3 Å². The molecule has 9 rings (SSSR count). The molecule has 2 saturated heterocycles. The van der Waals surface area contributed by atoms with Crippen LogP contribution < -0.4 is 4.90 Å². The van der Waals surface area contributed by atoms with Crippen molar-refractivity contribution in [1.82, 2.24) is 0 Å². The number of amides is 2. The van der Waals surface area contributed by atoms with E-state index in [2.05, 4.69) is 48.5 Å². The number of hydrogen-bond donors (Lipinski definition) is 0. The molecule has 4 nitrogen and oxygen atoms in total. The Bertz CT molecular complexity index is 1420. The summed E-state index contributed by atoms with van der Waals surface area (Å²) < 4.78 is 6.91. The van der Waals surface area contributed by atoms with E-state index in [4.69, 9.17) is 4.74 Å². The molecule has 0 unspecified atom stereocenters. The average molecular weight is 486 g/mol. The van der Waals surface area contributed by atoms with Crippen molar-refractivity contribution in [3.8, 4) is 0 Å². The number of carbonyl (C=O) groups excluding carboxylic acids is 2. The third-order valence-electron chi connectivity index (χ3n) is 10.7. The summed E-state index contributed by atoms with van der Waals surface area (Å²) in [6.07, 6.45) is 3.55. The molecule has 8 atom stereocenters. The number of hydrogen-bond acceptors (Lipinski definition) is 3. The van der Waals surface area contributed by atoms with Crippen LogP contribution in [-0.2, 0) is 14.3 Å². The van der Waals surface area contributed by atoms with Gasteiger partial charge in [-0.1, -0.05) is 78.9 Å². The predicted molar refractivity (Wildman–Crippen MR) is 139 cm³/mol. The maximum Gasteiger partial charge on any atom is 0.238 e. The third-order valence-corrected chi connectivity index (χ3v) is 10.7. The summed E-state index contributed by atoms with van der Waals surface area (Å²) in [6, 6.07) is 30.6. The lowest BCUT2D eigenvalue weighted by atomic mass is 9.64. The first-order valence-corrected chi connectivity index (χ1v) is 13.7. The van der Waals surface area contributed by atoms with Crippen molar-refractivity contribution in [2.75, 3.05) is 4.90 Å². The van der Waals surface area contributed by atoms with E-state index in [-0.39, 0.29) is 46.7 Å². The summed E-state index contributed by atoms with van der Waals surface area (Å²) in [5, 5.41) is 0. The van der Waals surface area contributed by atoms with Crippen LogP contribution in [0, 0.1) is 35.5 Å². The molecule has 0 spiro atoms. The minimum absolute atomic E-state index is 0.0343. The van der Waals surface area contributed by atoms with Crippen molar-refractivity contribution in [3.05, 3.63) is 108 Å². The molecule has 6 fully saturated rings. The standard InChI is InChI=1S/C33H27NO3/c35-30-26-27(31(36)34(30)23-14-8-3-9-15-23)29-25(28(26)32-21-16-17-22(18-21)33(29,32)37-32)24(19-10-4-1-5-11-19)20-12-6-2-7-13-20/h1-15,21-22,26-29H,16-18H2/t21-,22-,26-,27+,28+,29+,32-,33+/m0/s1. The highest BCUT2D eigenvalue weighted by Gasteiger charge is 2.96. The molecular weight excluding hydrogens is 458 g/mol. The zero-order chi connectivity index (χ0) is 24.5. The Kier molecular flexibility index (Phi) is 3.71. The molecule has 4 aliphatic carbocycles. The highest BCUT2D eigenvalue weighted by Crippen LogP contribution is 2.88. The van der Waals surface area contributed by atoms with Gasteiger partial charge in [0.25, 0.3) is 0 Å². The fourth-order valence-electron chi connectivity index (χ4n) is 9.78. The molecule has 182 valence electrons. The molecule has 3 aromatic carbocycles. The zero-order valence-corrected chi connectivity index (χ0v) is 20.4. The largest absolute Gasteiger partial charge is 0.361 e. The number of para-hydroxylation sites is 1. The second-order valence-electron chi connectivity index (χ2n) is 11.8. The summed E-state index contributed by atoms with van der Waals surface area (Å²) in [5.74, 6) is 0.141. The molecule has 2 amide bonds. The summed E-state index contributed by atoms with van der Waals surface area (Å²) in [5.41, 5.74) is 5.03. The Labute approximate surface area is 215 Å². The molecule has 4 bridgehead atoms. The van der Waals surface area contributed by atoms with Gasteiger partial charge in [-0.2, -0.15) is 0 Å². The van der Waals surface area contributed by atoms with E-state index >= 15 is 0 Å². The number of carbonyl (C=O) groups is 2. The monoisotopic (exact) mass is 485 g/mol. The first kappa shape index (κ1) is 20.5. The van der Waals surface area contributed by atoms with Gasteiger partial charge in [0, 0.05) is 11.8 Å². The molecule has 0 N–H and O–H groups in total. The molecule has 2 heterocycles. The number of imide groups is 1. The van der Waals surface area contributed by atoms with Gasteiger partial charge in [-0.15, -0.1) is 0 Å². The van der Waals surface area contributed by atoms with Crippen LogP contribution in [0.15, 0.2) is 96.6 Å². The summed E-state index contributed by atoms with van der Waals surface area (Å²) in [7, 11) is 0. The molecule has 4 heteroatoms. The molecule has 0 radical (unpaired) electrons. The fraction of sp³-hybridized carbons (Fsp3) is 0.333. The topological polar surface area (TPSA) is 49.9 Å². The number of nitrogens with zero attached hydrogens (tertiary/aromatic N) is 1. The highest BCUT2D eigenvalue weighted by atomic mass is 16.6. The molecule has 0 aromatic heterocycles. The number of epoxide rings is 1. The van der Waals surface area contributed by atoms with Gasteiger partial charge in [-0.05, 0) is 65.5 Å². The Balaban J connectivity index is 1.31. The molecule has 3 aromatic rings. The Morgan fingerprint density at radius 1 is 0.676 bits per heavy atom. The summed E-state index contributed by atoms with van der Waals surface area (Å²) in [4.78, 5) is 29.9. The second kappa shape index (κ2) is 6.68. The lowest BCUT2D eigenvalue weighted by Crippen LogP contribution is -2.46. The fourth-order valence-corrected chi connectivity index (χ4v) is 9.78. The van der Waals surface area contributed by atoms with Gasteiger partial charge in [0.05, 0.1) is 17.5 Å². The number of benzene rings is 3. The van der Waals surface area contributed by atoms with E-state index < -0.39 is 0 Å². The highest BCUT2D eigenvalue weighted by molar-refractivity contribution is 6.23. The van der Waals surface area contributed by atoms with Crippen LogP contribution in [0.4, 0.5) is 5.69 Å². The van der Waals surface area contributed by atoms with Crippen LogP contribution in [0.3, 0.4) is 0 Å². The van der Waals surface area contributed by atoms with E-state index in [0.717, 1.165) is 11.1 Å². The predicted octanol–water partition coefficient (Wildman–Crippen LogP) is 5.49. The number of rotatable bonds is 3. The lowest BCUT2D eigenvalue weighted by molar-refractivity contribution is -0.123. The number of anilines is 1. The molecule has 4 saturated carbocycles. The summed E-state index contributed by atoms with van der Waals surface area (Å²) >= 11 is 0. The van der Waals surface area contributed by atoms with Crippen molar-refractivity contribution in [3.63, 3.8) is 0 Å². The van der Waals surface area contributed by atoms with Crippen LogP contribution in [0.5, 0.6) is 0 Å². The van der Waals surface area contributed by atoms with Gasteiger partial charge in [0.15, 0.2) is 0 Å². The maximum absolute atomic E-state index is 14.2. The Morgan fingerprint density at radius 3 is 1.62 bits per heavy atom. The van der Waals surface area contributed by atoms with Gasteiger partial charge >= 0.3 is 0 Å². The van der Waals surface area contributed by atoms with Crippen molar-refractivity contribution >= 4 is 23.1 Å². The van der Waals surface area contributed by atoms with Crippen LogP contribution in [0.25, 0.3) is 5.57 Å². The summed E-state index contributed by atoms with van der Waals surface area (Å²) in [6.45, 7) is 0. The van der Waals surface area contributed by atoms with E-state index in [9.17, 15) is 9.59 Å². The minimum Gasteiger partial charge on any atom is -0.361 e. The molecular formula is C33H27NO3. The minimum atomic E-state index is -0.342. The average Bonchev–Trinajstić information content (AvgIpc) is 3.31. The first-order valence-electron chi connectivity index (χ1n) is 13.7. The normalized spacial score (nSPS) is 39.7. The number of fused-ring (bicyclic) bond motifs is 7. The Hall–Kier alpha value is -3.50. The van der Waals surface area contributed by atoms with Gasteiger partial charge in [-0.3, -0.25) is 14.5 Å². The second-order valence-corrected chi connectivity index (χ2v) is 11.8. The van der Waals surface area contributed by atoms with Gasteiger partial charge in [-0.25, -0.2) is 0 Å². The van der Waals surface area contributed by atoms with Crippen molar-refractivity contribution in [2.45, 2.75) is 30.5 Å². The van der Waals surface area contributed by atoms with Crippen molar-refractivity contribution in [1.29, 1.82) is 0 Å². The quantitative estimate of drug-likeness (QED) is 0.364. The van der Waals surface area contributed by atoms with Crippen LogP contribution in [0.1, 0.15) is 30.4 Å². The lowest BCUT2D eigenvalue weighted by Gasteiger charge is -2.32. The van der Waals surface area contributed by atoms with Gasteiger partial charge in [0.2, 0.25) is 11.8 Å². The van der Waals surface area contributed by atoms with Gasteiger partial charge < -0.3 is 4.74 Å². The van der Waals surface area contributed by atoms with E-state index in [1.165, 1.54) is 35.3 Å². The maximum atomic E-state index is 14.2. The SMILES string of the molecule is O=C1[C@@H]2[C@H](C(=O)N1c1ccccc1)[C@H]1C(=C(c3ccccc3)c3ccccc3)[C@H]2[C@@]23O[C@@]12[C@H]1CC[C@H]3C1. The molecule has 6 aliphatic rings. The van der Waals surface area contributed by atoms with Crippen LogP contribution in [-0.4, -0.2) is 23.0 Å².